The average molecular weight is 336 g/mol. The molecule has 0 saturated heterocycles. The number of nitrogens with one attached hydrogen (secondary N) is 2. The molecule has 5 nitrogen and oxygen atoms in total. The minimum absolute atomic E-state index is 0.174. The van der Waals surface area contributed by atoms with Gasteiger partial charge in [0.2, 0.25) is 15.9 Å². The zero-order valence-corrected chi connectivity index (χ0v) is 13.4. The van der Waals surface area contributed by atoms with E-state index in [9.17, 15) is 17.6 Å². The maximum absolute atomic E-state index is 13.0. The minimum atomic E-state index is -3.46. The second-order valence-corrected chi connectivity index (χ2v) is 6.80. The van der Waals surface area contributed by atoms with Gasteiger partial charge in [-0.1, -0.05) is 18.2 Å². The number of carbonyl (C=O) groups is 1. The number of rotatable bonds is 6. The van der Waals surface area contributed by atoms with Gasteiger partial charge in [0.15, 0.2) is 0 Å². The van der Waals surface area contributed by atoms with Gasteiger partial charge in [0.05, 0.1) is 4.90 Å². The molecule has 0 heterocycles. The van der Waals surface area contributed by atoms with Gasteiger partial charge >= 0.3 is 0 Å². The van der Waals surface area contributed by atoms with Crippen molar-refractivity contribution in [3.8, 4) is 0 Å². The van der Waals surface area contributed by atoms with Gasteiger partial charge in [-0.2, -0.15) is 0 Å². The number of aryl methyl sites for hydroxylation is 1. The quantitative estimate of drug-likeness (QED) is 0.850. The number of amides is 1. The zero-order valence-electron chi connectivity index (χ0n) is 12.5. The summed E-state index contributed by atoms with van der Waals surface area (Å²) in [6.45, 7) is 0. The average Bonchev–Trinajstić information content (AvgIpc) is 2.53. The van der Waals surface area contributed by atoms with Crippen LogP contribution in [0, 0.1) is 5.82 Å². The van der Waals surface area contributed by atoms with Crippen LogP contribution >= 0.6 is 0 Å². The number of sulfonamides is 1. The van der Waals surface area contributed by atoms with Crippen LogP contribution in [0.2, 0.25) is 0 Å². The Morgan fingerprint density at radius 1 is 1.13 bits per heavy atom. The number of hydrogen-bond donors (Lipinski definition) is 2. The van der Waals surface area contributed by atoms with Crippen molar-refractivity contribution in [1.29, 1.82) is 0 Å². The summed E-state index contributed by atoms with van der Waals surface area (Å²) in [6.07, 6.45) is 0.676. The van der Waals surface area contributed by atoms with Crippen LogP contribution in [-0.4, -0.2) is 21.4 Å². The van der Waals surface area contributed by atoms with Crippen LogP contribution < -0.4 is 10.0 Å². The second kappa shape index (κ2) is 7.34. The summed E-state index contributed by atoms with van der Waals surface area (Å²) in [5.41, 5.74) is 1.25. The van der Waals surface area contributed by atoms with E-state index in [2.05, 4.69) is 10.0 Å². The fraction of sp³-hybridized carbons (Fsp3) is 0.188. The van der Waals surface area contributed by atoms with E-state index in [4.69, 9.17) is 0 Å². The summed E-state index contributed by atoms with van der Waals surface area (Å²) in [7, 11) is -2.11. The number of anilines is 1. The standard InChI is InChI=1S/C16H17FN2O3S/c1-18-23(21,22)15-8-5-12(6-9-15)7-10-16(20)19-14-4-2-3-13(17)11-14/h2-6,8-9,11,18H,7,10H2,1H3,(H,19,20). The lowest BCUT2D eigenvalue weighted by molar-refractivity contribution is -0.116. The highest BCUT2D eigenvalue weighted by Crippen LogP contribution is 2.13. The van der Waals surface area contributed by atoms with Crippen LogP contribution in [0.15, 0.2) is 53.4 Å². The van der Waals surface area contributed by atoms with Crippen molar-refractivity contribution in [2.75, 3.05) is 12.4 Å². The summed E-state index contributed by atoms with van der Waals surface area (Å²) < 4.78 is 38.5. The summed E-state index contributed by atoms with van der Waals surface area (Å²) in [4.78, 5) is 12.0. The van der Waals surface area contributed by atoms with Gasteiger partial charge in [-0.25, -0.2) is 17.5 Å². The molecule has 0 fully saturated rings. The lowest BCUT2D eigenvalue weighted by Gasteiger charge is -2.06. The van der Waals surface area contributed by atoms with E-state index < -0.39 is 15.8 Å². The maximum Gasteiger partial charge on any atom is 0.240 e. The van der Waals surface area contributed by atoms with E-state index in [0.29, 0.717) is 12.1 Å². The zero-order chi connectivity index (χ0) is 16.9. The maximum atomic E-state index is 13.0. The van der Waals surface area contributed by atoms with Crippen molar-refractivity contribution in [2.45, 2.75) is 17.7 Å². The van der Waals surface area contributed by atoms with E-state index >= 15 is 0 Å². The van der Waals surface area contributed by atoms with Crippen LogP contribution in [0.4, 0.5) is 10.1 Å². The first-order chi connectivity index (χ1) is 10.9. The molecule has 0 spiro atoms. The molecule has 0 radical (unpaired) electrons. The van der Waals surface area contributed by atoms with Crippen LogP contribution in [0.25, 0.3) is 0 Å². The molecule has 2 N–H and O–H groups in total. The Morgan fingerprint density at radius 3 is 2.43 bits per heavy atom. The number of halogens is 1. The Labute approximate surface area is 134 Å². The molecule has 0 aliphatic heterocycles. The van der Waals surface area contributed by atoms with Crippen molar-refractivity contribution in [3.05, 3.63) is 59.9 Å². The first-order valence-corrected chi connectivity index (χ1v) is 8.47. The third-order valence-electron chi connectivity index (χ3n) is 3.25. The van der Waals surface area contributed by atoms with E-state index in [-0.39, 0.29) is 17.2 Å². The highest BCUT2D eigenvalue weighted by molar-refractivity contribution is 7.89. The van der Waals surface area contributed by atoms with Crippen molar-refractivity contribution < 1.29 is 17.6 Å². The summed E-state index contributed by atoms with van der Waals surface area (Å²) in [5.74, 6) is -0.647. The third kappa shape index (κ3) is 4.87. The molecule has 0 atom stereocenters. The molecule has 0 bridgehead atoms. The molecule has 0 unspecified atom stereocenters. The van der Waals surface area contributed by atoms with E-state index in [0.717, 1.165) is 5.56 Å². The van der Waals surface area contributed by atoms with Crippen molar-refractivity contribution >= 4 is 21.6 Å². The molecule has 0 saturated carbocycles. The molecule has 0 aliphatic carbocycles. The fourth-order valence-electron chi connectivity index (χ4n) is 2.00. The van der Waals surface area contributed by atoms with Gasteiger partial charge < -0.3 is 5.32 Å². The van der Waals surface area contributed by atoms with Crippen molar-refractivity contribution in [2.24, 2.45) is 0 Å². The molecular weight excluding hydrogens is 319 g/mol. The summed E-state index contributed by atoms with van der Waals surface area (Å²) >= 11 is 0. The Bertz CT molecular complexity index is 789. The van der Waals surface area contributed by atoms with E-state index in [1.54, 1.807) is 18.2 Å². The van der Waals surface area contributed by atoms with Gasteiger partial charge in [-0.15, -0.1) is 0 Å². The van der Waals surface area contributed by atoms with Crippen molar-refractivity contribution in [1.82, 2.24) is 4.72 Å². The first-order valence-electron chi connectivity index (χ1n) is 6.98. The first kappa shape index (κ1) is 17.1. The molecule has 7 heteroatoms. The number of hydrogen-bond acceptors (Lipinski definition) is 3. The molecule has 1 amide bonds. The van der Waals surface area contributed by atoms with Crippen LogP contribution in [0.3, 0.4) is 0 Å². The normalized spacial score (nSPS) is 11.2. The van der Waals surface area contributed by atoms with Gasteiger partial charge in [0.1, 0.15) is 5.82 Å². The van der Waals surface area contributed by atoms with Gasteiger partial charge in [0, 0.05) is 12.1 Å². The molecular formula is C16H17FN2O3S. The third-order valence-corrected chi connectivity index (χ3v) is 4.68. The largest absolute Gasteiger partial charge is 0.326 e. The van der Waals surface area contributed by atoms with Gasteiger partial charge in [0.25, 0.3) is 0 Å². The molecule has 0 aliphatic rings. The van der Waals surface area contributed by atoms with E-state index in [1.165, 1.54) is 37.4 Å². The Morgan fingerprint density at radius 2 is 1.83 bits per heavy atom. The minimum Gasteiger partial charge on any atom is -0.326 e. The highest BCUT2D eigenvalue weighted by Gasteiger charge is 2.10. The highest BCUT2D eigenvalue weighted by atomic mass is 32.2. The summed E-state index contributed by atoms with van der Waals surface area (Å²) in [5, 5.41) is 2.61. The predicted octanol–water partition coefficient (Wildman–Crippen LogP) is 2.31. The molecule has 122 valence electrons. The molecule has 2 aromatic rings. The second-order valence-electron chi connectivity index (χ2n) is 4.91. The van der Waals surface area contributed by atoms with Crippen LogP contribution in [0.5, 0.6) is 0 Å². The number of benzene rings is 2. The van der Waals surface area contributed by atoms with E-state index in [1.807, 2.05) is 0 Å². The molecule has 23 heavy (non-hydrogen) atoms. The molecule has 2 aromatic carbocycles. The topological polar surface area (TPSA) is 75.3 Å². The lowest BCUT2D eigenvalue weighted by Crippen LogP contribution is -2.18. The smallest absolute Gasteiger partial charge is 0.240 e. The Hall–Kier alpha value is -2.25. The number of carbonyl (C=O) groups excluding carboxylic acids is 1. The van der Waals surface area contributed by atoms with Crippen molar-refractivity contribution in [3.63, 3.8) is 0 Å². The molecule has 2 rings (SSSR count). The fourth-order valence-corrected chi connectivity index (χ4v) is 2.73. The SMILES string of the molecule is CNS(=O)(=O)c1ccc(CCC(=O)Nc2cccc(F)c2)cc1. The molecule has 0 aromatic heterocycles. The van der Waals surface area contributed by atoms with Crippen LogP contribution in [0.1, 0.15) is 12.0 Å². The lowest BCUT2D eigenvalue weighted by atomic mass is 10.1. The van der Waals surface area contributed by atoms with Gasteiger partial charge in [-0.05, 0) is 49.4 Å². The Balaban J connectivity index is 1.92. The predicted molar refractivity (Wildman–Crippen MR) is 86.0 cm³/mol. The summed E-state index contributed by atoms with van der Waals surface area (Å²) in [6, 6.07) is 12.0. The Kier molecular flexibility index (Phi) is 5.46. The van der Waals surface area contributed by atoms with Gasteiger partial charge in [-0.3, -0.25) is 4.79 Å². The monoisotopic (exact) mass is 336 g/mol. The van der Waals surface area contributed by atoms with Crippen LogP contribution in [-0.2, 0) is 21.2 Å².